The fourth-order valence-electron chi connectivity index (χ4n) is 3.35. The standard InChI is InChI=1S/C22H21N3O3/c1-27-16-9-7-15(8-10-16)22(11-12-22)21(26)25-20-13-18(23-14-24-20)17-5-3-4-6-19(17)28-2/h3-10,13-14H,11-12H2,1-2H3,(H,23,24,25,26). The van der Waals surface area contributed by atoms with Crippen LogP contribution in [0, 0.1) is 0 Å². The van der Waals surface area contributed by atoms with E-state index in [-0.39, 0.29) is 5.91 Å². The van der Waals surface area contributed by atoms with Gasteiger partial charge >= 0.3 is 0 Å². The van der Waals surface area contributed by atoms with Gasteiger partial charge in [0.05, 0.1) is 25.3 Å². The topological polar surface area (TPSA) is 73.3 Å². The minimum Gasteiger partial charge on any atom is -0.497 e. The van der Waals surface area contributed by atoms with Crippen LogP contribution in [-0.4, -0.2) is 30.1 Å². The first kappa shape index (κ1) is 18.0. The van der Waals surface area contributed by atoms with E-state index in [1.807, 2.05) is 48.5 Å². The second-order valence-electron chi connectivity index (χ2n) is 6.75. The number of nitrogens with zero attached hydrogens (tertiary/aromatic N) is 2. The molecular weight excluding hydrogens is 354 g/mol. The number of hydrogen-bond donors (Lipinski definition) is 1. The van der Waals surface area contributed by atoms with Crippen molar-refractivity contribution in [1.82, 2.24) is 9.97 Å². The lowest BCUT2D eigenvalue weighted by Gasteiger charge is -2.16. The number of ether oxygens (including phenoxy) is 2. The first-order valence-electron chi connectivity index (χ1n) is 9.08. The van der Waals surface area contributed by atoms with Gasteiger partial charge in [-0.1, -0.05) is 24.3 Å². The maximum atomic E-state index is 13.0. The molecule has 1 amide bonds. The Morgan fingerprint density at radius 3 is 2.43 bits per heavy atom. The Morgan fingerprint density at radius 2 is 1.75 bits per heavy atom. The Bertz CT molecular complexity index is 998. The highest BCUT2D eigenvalue weighted by molar-refractivity contribution is 6.01. The third-order valence-electron chi connectivity index (χ3n) is 5.12. The average Bonchev–Trinajstić information content (AvgIpc) is 3.56. The Balaban J connectivity index is 1.57. The molecule has 4 rings (SSSR count). The number of nitrogens with one attached hydrogen (secondary N) is 1. The van der Waals surface area contributed by atoms with E-state index in [2.05, 4.69) is 15.3 Å². The van der Waals surface area contributed by atoms with Crippen molar-refractivity contribution in [1.29, 1.82) is 0 Å². The molecule has 1 aromatic heterocycles. The lowest BCUT2D eigenvalue weighted by Crippen LogP contribution is -2.28. The highest BCUT2D eigenvalue weighted by Crippen LogP contribution is 2.49. The van der Waals surface area contributed by atoms with Gasteiger partial charge in [-0.25, -0.2) is 9.97 Å². The second kappa shape index (κ2) is 7.31. The third kappa shape index (κ3) is 3.29. The van der Waals surface area contributed by atoms with Gasteiger partial charge in [0.15, 0.2) is 0 Å². The van der Waals surface area contributed by atoms with Crippen molar-refractivity contribution in [3.63, 3.8) is 0 Å². The van der Waals surface area contributed by atoms with E-state index in [0.717, 1.165) is 35.5 Å². The van der Waals surface area contributed by atoms with Gasteiger partial charge in [0, 0.05) is 11.6 Å². The van der Waals surface area contributed by atoms with E-state index in [4.69, 9.17) is 9.47 Å². The van der Waals surface area contributed by atoms with Crippen LogP contribution in [-0.2, 0) is 10.2 Å². The maximum Gasteiger partial charge on any atom is 0.236 e. The van der Waals surface area contributed by atoms with Crippen molar-refractivity contribution in [3.8, 4) is 22.8 Å². The summed E-state index contributed by atoms with van der Waals surface area (Å²) in [5.74, 6) is 1.91. The quantitative estimate of drug-likeness (QED) is 0.709. The summed E-state index contributed by atoms with van der Waals surface area (Å²) in [5.41, 5.74) is 2.03. The van der Waals surface area contributed by atoms with Crippen molar-refractivity contribution in [2.45, 2.75) is 18.3 Å². The van der Waals surface area contributed by atoms with Crippen molar-refractivity contribution in [2.75, 3.05) is 19.5 Å². The molecular formula is C22H21N3O3. The summed E-state index contributed by atoms with van der Waals surface area (Å²) in [5, 5.41) is 2.96. The number of para-hydroxylation sites is 1. The number of carbonyl (C=O) groups is 1. The van der Waals surface area contributed by atoms with Gasteiger partial charge < -0.3 is 14.8 Å². The van der Waals surface area contributed by atoms with Crippen LogP contribution in [0.1, 0.15) is 18.4 Å². The van der Waals surface area contributed by atoms with Crippen molar-refractivity contribution in [2.24, 2.45) is 0 Å². The lowest BCUT2D eigenvalue weighted by molar-refractivity contribution is -0.118. The number of anilines is 1. The van der Waals surface area contributed by atoms with Crippen LogP contribution in [0.2, 0.25) is 0 Å². The molecule has 1 aliphatic rings. The molecule has 142 valence electrons. The minimum absolute atomic E-state index is 0.0534. The number of rotatable bonds is 6. The zero-order chi connectivity index (χ0) is 19.6. The SMILES string of the molecule is COc1ccc(C2(C(=O)Nc3cc(-c4ccccc4OC)ncn3)CC2)cc1. The van der Waals surface area contributed by atoms with Gasteiger partial charge in [-0.15, -0.1) is 0 Å². The molecule has 0 bridgehead atoms. The van der Waals surface area contributed by atoms with E-state index in [1.165, 1.54) is 6.33 Å². The van der Waals surface area contributed by atoms with Gasteiger partial charge in [0.25, 0.3) is 0 Å². The normalized spacial score (nSPS) is 14.2. The van der Waals surface area contributed by atoms with Gasteiger partial charge in [-0.3, -0.25) is 4.79 Å². The summed E-state index contributed by atoms with van der Waals surface area (Å²) in [6.07, 6.45) is 3.08. The smallest absolute Gasteiger partial charge is 0.236 e. The largest absolute Gasteiger partial charge is 0.497 e. The summed E-state index contributed by atoms with van der Waals surface area (Å²) in [7, 11) is 3.25. The van der Waals surface area contributed by atoms with Gasteiger partial charge in [-0.2, -0.15) is 0 Å². The Labute approximate surface area is 163 Å². The number of carbonyl (C=O) groups excluding carboxylic acids is 1. The van der Waals surface area contributed by atoms with E-state index in [9.17, 15) is 4.79 Å². The second-order valence-corrected chi connectivity index (χ2v) is 6.75. The summed E-state index contributed by atoms with van der Waals surface area (Å²) in [6, 6.07) is 17.0. The molecule has 0 atom stereocenters. The number of hydrogen-bond acceptors (Lipinski definition) is 5. The number of methoxy groups -OCH3 is 2. The van der Waals surface area contributed by atoms with E-state index in [1.54, 1.807) is 20.3 Å². The van der Waals surface area contributed by atoms with Crippen molar-refractivity contribution in [3.05, 3.63) is 66.5 Å². The van der Waals surface area contributed by atoms with Crippen LogP contribution in [0.15, 0.2) is 60.9 Å². The number of amides is 1. The van der Waals surface area contributed by atoms with Crippen LogP contribution < -0.4 is 14.8 Å². The highest BCUT2D eigenvalue weighted by atomic mass is 16.5. The van der Waals surface area contributed by atoms with Crippen LogP contribution in [0.25, 0.3) is 11.3 Å². The number of benzene rings is 2. The summed E-state index contributed by atoms with van der Waals surface area (Å²) in [4.78, 5) is 21.5. The predicted octanol–water partition coefficient (Wildman–Crippen LogP) is 3.83. The molecule has 1 saturated carbocycles. The number of aromatic nitrogens is 2. The molecule has 1 heterocycles. The average molecular weight is 375 g/mol. The summed E-state index contributed by atoms with van der Waals surface area (Å²) in [6.45, 7) is 0. The van der Waals surface area contributed by atoms with Crippen molar-refractivity contribution >= 4 is 11.7 Å². The van der Waals surface area contributed by atoms with Crippen LogP contribution in [0.4, 0.5) is 5.82 Å². The fraction of sp³-hybridized carbons (Fsp3) is 0.227. The first-order valence-corrected chi connectivity index (χ1v) is 9.08. The molecule has 6 heteroatoms. The third-order valence-corrected chi connectivity index (χ3v) is 5.12. The highest BCUT2D eigenvalue weighted by Gasteiger charge is 2.51. The lowest BCUT2D eigenvalue weighted by atomic mass is 9.95. The molecule has 6 nitrogen and oxygen atoms in total. The van der Waals surface area contributed by atoms with Gasteiger partial charge in [-0.05, 0) is 42.7 Å². The summed E-state index contributed by atoms with van der Waals surface area (Å²) >= 11 is 0. The predicted molar refractivity (Wildman–Crippen MR) is 107 cm³/mol. The van der Waals surface area contributed by atoms with Crippen LogP contribution in [0.3, 0.4) is 0 Å². The molecule has 0 saturated heterocycles. The minimum atomic E-state index is -0.498. The molecule has 0 aliphatic heterocycles. The molecule has 0 radical (unpaired) electrons. The van der Waals surface area contributed by atoms with E-state index >= 15 is 0 Å². The van der Waals surface area contributed by atoms with Gasteiger partial charge in [0.1, 0.15) is 23.6 Å². The van der Waals surface area contributed by atoms with Crippen LogP contribution in [0.5, 0.6) is 11.5 Å². The van der Waals surface area contributed by atoms with Crippen molar-refractivity contribution < 1.29 is 14.3 Å². The molecule has 1 aliphatic carbocycles. The molecule has 2 aromatic carbocycles. The maximum absolute atomic E-state index is 13.0. The molecule has 0 unspecified atom stereocenters. The zero-order valence-corrected chi connectivity index (χ0v) is 15.8. The monoisotopic (exact) mass is 375 g/mol. The van der Waals surface area contributed by atoms with Crippen LogP contribution >= 0.6 is 0 Å². The molecule has 3 aromatic rings. The van der Waals surface area contributed by atoms with Gasteiger partial charge in [0.2, 0.25) is 5.91 Å². The zero-order valence-electron chi connectivity index (χ0n) is 15.8. The van der Waals surface area contributed by atoms with E-state index in [0.29, 0.717) is 11.5 Å². The molecule has 28 heavy (non-hydrogen) atoms. The Kier molecular flexibility index (Phi) is 4.69. The molecule has 1 fully saturated rings. The Morgan fingerprint density at radius 1 is 1.00 bits per heavy atom. The molecule has 1 N–H and O–H groups in total. The molecule has 0 spiro atoms. The summed E-state index contributed by atoms with van der Waals surface area (Å²) < 4.78 is 10.6. The first-order chi connectivity index (χ1) is 13.7. The fourth-order valence-corrected chi connectivity index (χ4v) is 3.35. The van der Waals surface area contributed by atoms with E-state index < -0.39 is 5.41 Å². The Hall–Kier alpha value is -3.41.